The number of fused-ring (bicyclic) bond motifs is 1. The van der Waals surface area contributed by atoms with Crippen LogP contribution in [0.15, 0.2) is 6.20 Å². The molecule has 1 unspecified atom stereocenters. The second-order valence-electron chi connectivity index (χ2n) is 6.75. The second-order valence-corrected chi connectivity index (χ2v) is 6.75. The smallest absolute Gasteiger partial charge is 0.336 e. The number of imidazole rings is 1. The molecule has 0 aromatic carbocycles. The fourth-order valence-electron chi connectivity index (χ4n) is 3.44. The first-order valence-corrected chi connectivity index (χ1v) is 9.13. The van der Waals surface area contributed by atoms with E-state index in [4.69, 9.17) is 10.5 Å². The highest BCUT2D eigenvalue weighted by atomic mass is 16.5. The van der Waals surface area contributed by atoms with Gasteiger partial charge >= 0.3 is 6.01 Å². The van der Waals surface area contributed by atoms with E-state index in [1.807, 2.05) is 7.05 Å². The Labute approximate surface area is 147 Å². The SMILES string of the molecule is CCCCOc1nc(N)c2ncc(C(O)C3CCC(NC)CC3)n2n1. The van der Waals surface area contributed by atoms with Gasteiger partial charge in [0, 0.05) is 6.04 Å². The highest BCUT2D eigenvalue weighted by Crippen LogP contribution is 2.34. The topological polar surface area (TPSA) is 111 Å². The Balaban J connectivity index is 1.81. The normalized spacial score (nSPS) is 22.2. The van der Waals surface area contributed by atoms with E-state index in [1.165, 1.54) is 0 Å². The Bertz CT molecular complexity index is 696. The van der Waals surface area contributed by atoms with E-state index in [0.29, 0.717) is 24.0 Å². The maximum Gasteiger partial charge on any atom is 0.336 e. The highest BCUT2D eigenvalue weighted by molar-refractivity contribution is 5.59. The van der Waals surface area contributed by atoms with Gasteiger partial charge in [-0.1, -0.05) is 13.3 Å². The van der Waals surface area contributed by atoms with Gasteiger partial charge in [0.25, 0.3) is 0 Å². The number of hydrogen-bond acceptors (Lipinski definition) is 7. The van der Waals surface area contributed by atoms with E-state index < -0.39 is 6.10 Å². The van der Waals surface area contributed by atoms with Crippen LogP contribution in [-0.2, 0) is 0 Å². The van der Waals surface area contributed by atoms with Gasteiger partial charge in [0.05, 0.1) is 18.5 Å². The predicted molar refractivity (Wildman–Crippen MR) is 95.4 cm³/mol. The lowest BCUT2D eigenvalue weighted by molar-refractivity contribution is 0.0736. The van der Waals surface area contributed by atoms with Gasteiger partial charge in [0.15, 0.2) is 11.5 Å². The molecule has 1 aliphatic rings. The molecule has 2 aromatic heterocycles. The number of aliphatic hydroxyl groups is 1. The largest absolute Gasteiger partial charge is 0.462 e. The summed E-state index contributed by atoms with van der Waals surface area (Å²) in [6.45, 7) is 2.64. The fourth-order valence-corrected chi connectivity index (χ4v) is 3.44. The van der Waals surface area contributed by atoms with Gasteiger partial charge in [0.1, 0.15) is 6.10 Å². The summed E-state index contributed by atoms with van der Waals surface area (Å²) in [5.41, 5.74) is 7.09. The molecule has 1 saturated carbocycles. The minimum Gasteiger partial charge on any atom is -0.462 e. The molecule has 1 fully saturated rings. The van der Waals surface area contributed by atoms with Crippen LogP contribution in [0.5, 0.6) is 6.01 Å². The van der Waals surface area contributed by atoms with Crippen molar-refractivity contribution in [1.29, 1.82) is 0 Å². The minimum absolute atomic E-state index is 0.199. The molecule has 0 saturated heterocycles. The third-order valence-corrected chi connectivity index (χ3v) is 5.05. The quantitative estimate of drug-likeness (QED) is 0.653. The predicted octanol–water partition coefficient (Wildman–Crippen LogP) is 1.70. The van der Waals surface area contributed by atoms with Crippen molar-refractivity contribution in [2.75, 3.05) is 19.4 Å². The molecule has 0 bridgehead atoms. The molecule has 2 heterocycles. The number of nitrogens with one attached hydrogen (secondary N) is 1. The second kappa shape index (κ2) is 7.97. The van der Waals surface area contributed by atoms with E-state index in [9.17, 15) is 5.11 Å². The van der Waals surface area contributed by atoms with Crippen molar-refractivity contribution in [3.63, 3.8) is 0 Å². The van der Waals surface area contributed by atoms with Crippen molar-refractivity contribution in [1.82, 2.24) is 24.9 Å². The lowest BCUT2D eigenvalue weighted by Crippen LogP contribution is -2.32. The first-order valence-electron chi connectivity index (χ1n) is 9.13. The van der Waals surface area contributed by atoms with Gasteiger partial charge in [-0.2, -0.15) is 4.98 Å². The van der Waals surface area contributed by atoms with E-state index in [-0.39, 0.29) is 17.7 Å². The number of aromatic nitrogens is 4. The Morgan fingerprint density at radius 2 is 2.16 bits per heavy atom. The summed E-state index contributed by atoms with van der Waals surface area (Å²) in [7, 11) is 1.99. The number of nitrogen functional groups attached to an aromatic ring is 1. The van der Waals surface area contributed by atoms with Crippen LogP contribution in [0.4, 0.5) is 5.82 Å². The van der Waals surface area contributed by atoms with Crippen LogP contribution in [0.1, 0.15) is 57.2 Å². The van der Waals surface area contributed by atoms with Crippen molar-refractivity contribution < 1.29 is 9.84 Å². The third-order valence-electron chi connectivity index (χ3n) is 5.05. The Morgan fingerprint density at radius 3 is 2.84 bits per heavy atom. The molecule has 138 valence electrons. The average molecular weight is 348 g/mol. The molecular weight excluding hydrogens is 320 g/mol. The molecule has 1 aliphatic carbocycles. The number of nitrogens with two attached hydrogens (primary N) is 1. The molecule has 2 aromatic rings. The van der Waals surface area contributed by atoms with Crippen LogP contribution in [0.2, 0.25) is 0 Å². The molecule has 0 amide bonds. The summed E-state index contributed by atoms with van der Waals surface area (Å²) in [6, 6.07) is 0.769. The Hall–Kier alpha value is -1.93. The number of rotatable bonds is 7. The summed E-state index contributed by atoms with van der Waals surface area (Å²) in [5.74, 6) is 0.462. The monoisotopic (exact) mass is 348 g/mol. The Kier molecular flexibility index (Phi) is 5.70. The molecule has 8 nitrogen and oxygen atoms in total. The summed E-state index contributed by atoms with van der Waals surface area (Å²) >= 11 is 0. The van der Waals surface area contributed by atoms with Gasteiger partial charge in [0.2, 0.25) is 0 Å². The van der Waals surface area contributed by atoms with E-state index in [1.54, 1.807) is 10.7 Å². The molecule has 3 rings (SSSR count). The number of nitrogens with zero attached hydrogens (tertiary/aromatic N) is 4. The van der Waals surface area contributed by atoms with Gasteiger partial charge < -0.3 is 20.9 Å². The van der Waals surface area contributed by atoms with Crippen molar-refractivity contribution in [2.24, 2.45) is 5.92 Å². The van der Waals surface area contributed by atoms with Crippen LogP contribution in [0.25, 0.3) is 5.65 Å². The number of hydrogen-bond donors (Lipinski definition) is 3. The molecule has 4 N–H and O–H groups in total. The zero-order valence-corrected chi connectivity index (χ0v) is 15.0. The zero-order chi connectivity index (χ0) is 17.8. The number of ether oxygens (including phenoxy) is 1. The first-order chi connectivity index (χ1) is 12.1. The van der Waals surface area contributed by atoms with E-state index in [2.05, 4.69) is 27.3 Å². The average Bonchev–Trinajstić information content (AvgIpc) is 3.06. The zero-order valence-electron chi connectivity index (χ0n) is 15.0. The van der Waals surface area contributed by atoms with Crippen molar-refractivity contribution >= 4 is 11.5 Å². The lowest BCUT2D eigenvalue weighted by Gasteiger charge is -2.30. The third kappa shape index (κ3) is 3.85. The first kappa shape index (κ1) is 17.9. The maximum atomic E-state index is 10.9. The van der Waals surface area contributed by atoms with Crippen LogP contribution in [0, 0.1) is 5.92 Å². The molecule has 0 aliphatic heterocycles. The van der Waals surface area contributed by atoms with Crippen LogP contribution >= 0.6 is 0 Å². The number of aliphatic hydroxyl groups excluding tert-OH is 1. The molecule has 0 spiro atoms. The molecule has 8 heteroatoms. The summed E-state index contributed by atoms with van der Waals surface area (Å²) in [4.78, 5) is 8.44. The molecule has 0 radical (unpaired) electrons. The maximum absolute atomic E-state index is 10.9. The fraction of sp³-hybridized carbons (Fsp3) is 0.706. The van der Waals surface area contributed by atoms with E-state index in [0.717, 1.165) is 38.5 Å². The van der Waals surface area contributed by atoms with Crippen LogP contribution < -0.4 is 15.8 Å². The van der Waals surface area contributed by atoms with Crippen molar-refractivity contribution in [3.8, 4) is 6.01 Å². The highest BCUT2D eigenvalue weighted by Gasteiger charge is 2.29. The van der Waals surface area contributed by atoms with Gasteiger partial charge in [-0.25, -0.2) is 9.50 Å². The van der Waals surface area contributed by atoms with Gasteiger partial charge in [-0.3, -0.25) is 0 Å². The van der Waals surface area contributed by atoms with Crippen LogP contribution in [-0.4, -0.2) is 44.4 Å². The van der Waals surface area contributed by atoms with Gasteiger partial charge in [-0.05, 0) is 45.1 Å². The summed E-state index contributed by atoms with van der Waals surface area (Å²) in [6.07, 6.45) is 7.06. The van der Waals surface area contributed by atoms with E-state index >= 15 is 0 Å². The number of unbranched alkanes of at least 4 members (excludes halogenated alkanes) is 1. The summed E-state index contributed by atoms with van der Waals surface area (Å²) < 4.78 is 7.15. The molecule has 1 atom stereocenters. The van der Waals surface area contributed by atoms with Crippen molar-refractivity contribution in [3.05, 3.63) is 11.9 Å². The molecule has 25 heavy (non-hydrogen) atoms. The Morgan fingerprint density at radius 1 is 1.40 bits per heavy atom. The minimum atomic E-state index is -0.620. The summed E-state index contributed by atoms with van der Waals surface area (Å²) in [5, 5.41) is 18.6. The molecular formula is C17H28N6O2. The van der Waals surface area contributed by atoms with Crippen LogP contribution in [0.3, 0.4) is 0 Å². The van der Waals surface area contributed by atoms with Gasteiger partial charge in [-0.15, -0.1) is 5.10 Å². The lowest BCUT2D eigenvalue weighted by atomic mass is 9.82. The number of anilines is 1. The standard InChI is InChI=1S/C17H28N6O2/c1-3-4-9-25-17-21-15(18)16-20-10-13(23(16)22-17)14(24)11-5-7-12(19-2)8-6-11/h10-12,14,19,24H,3-9H2,1-2H3,(H2,18,21,22). The van der Waals surface area contributed by atoms with Crippen molar-refractivity contribution in [2.45, 2.75) is 57.6 Å².